The van der Waals surface area contributed by atoms with E-state index in [9.17, 15) is 4.79 Å². The summed E-state index contributed by atoms with van der Waals surface area (Å²) in [4.78, 5) is 14.4. The van der Waals surface area contributed by atoms with E-state index in [1.807, 2.05) is 29.2 Å². The SMILES string of the molecule is COc1ccccc1C1NCC(=O)N1C1CCC(C)(C)C1. The summed E-state index contributed by atoms with van der Waals surface area (Å²) >= 11 is 0. The summed E-state index contributed by atoms with van der Waals surface area (Å²) < 4.78 is 5.47. The molecule has 1 heterocycles. The van der Waals surface area contributed by atoms with Crippen molar-refractivity contribution >= 4 is 5.91 Å². The average molecular weight is 288 g/mol. The molecule has 0 radical (unpaired) electrons. The van der Waals surface area contributed by atoms with Gasteiger partial charge in [0.15, 0.2) is 0 Å². The monoisotopic (exact) mass is 288 g/mol. The maximum Gasteiger partial charge on any atom is 0.238 e. The Morgan fingerprint density at radius 3 is 2.76 bits per heavy atom. The lowest BCUT2D eigenvalue weighted by Gasteiger charge is -2.32. The number of ether oxygens (including phenoxy) is 1. The molecule has 1 amide bonds. The number of carbonyl (C=O) groups excluding carboxylic acids is 1. The second-order valence-electron chi connectivity index (χ2n) is 6.89. The lowest BCUT2D eigenvalue weighted by molar-refractivity contribution is -0.130. The summed E-state index contributed by atoms with van der Waals surface area (Å²) in [6.45, 7) is 5.00. The van der Waals surface area contributed by atoms with Crippen LogP contribution in [0.15, 0.2) is 24.3 Å². The van der Waals surface area contributed by atoms with E-state index in [1.54, 1.807) is 7.11 Å². The van der Waals surface area contributed by atoms with E-state index in [1.165, 1.54) is 6.42 Å². The number of nitrogens with one attached hydrogen (secondary N) is 1. The van der Waals surface area contributed by atoms with Gasteiger partial charge in [-0.2, -0.15) is 0 Å². The Balaban J connectivity index is 1.89. The van der Waals surface area contributed by atoms with E-state index < -0.39 is 0 Å². The Hall–Kier alpha value is -1.55. The number of para-hydroxylation sites is 1. The first-order valence-electron chi connectivity index (χ1n) is 7.69. The van der Waals surface area contributed by atoms with E-state index in [0.29, 0.717) is 18.0 Å². The lowest BCUT2D eigenvalue weighted by atomic mass is 9.91. The molecule has 1 N–H and O–H groups in total. The average Bonchev–Trinajstić information content (AvgIpc) is 3.01. The van der Waals surface area contributed by atoms with Crippen LogP contribution in [0.3, 0.4) is 0 Å². The second kappa shape index (κ2) is 5.34. The standard InChI is InChI=1S/C17H24N2O2/c1-17(2)9-8-12(10-17)19-15(20)11-18-16(19)13-6-4-5-7-14(13)21-3/h4-7,12,16,18H,8-11H2,1-3H3. The summed E-state index contributed by atoms with van der Waals surface area (Å²) in [7, 11) is 1.68. The van der Waals surface area contributed by atoms with Gasteiger partial charge in [0.2, 0.25) is 5.91 Å². The molecule has 2 unspecified atom stereocenters. The van der Waals surface area contributed by atoms with Gasteiger partial charge in [-0.3, -0.25) is 10.1 Å². The molecule has 1 aromatic rings. The number of methoxy groups -OCH3 is 1. The van der Waals surface area contributed by atoms with Crippen molar-refractivity contribution in [2.75, 3.05) is 13.7 Å². The van der Waals surface area contributed by atoms with E-state index in [-0.39, 0.29) is 12.1 Å². The van der Waals surface area contributed by atoms with Crippen LogP contribution in [0.5, 0.6) is 5.75 Å². The topological polar surface area (TPSA) is 41.6 Å². The molecule has 1 aliphatic heterocycles. The molecule has 4 nitrogen and oxygen atoms in total. The fraction of sp³-hybridized carbons (Fsp3) is 0.588. The van der Waals surface area contributed by atoms with E-state index >= 15 is 0 Å². The Bertz CT molecular complexity index is 541. The number of hydrogen-bond donors (Lipinski definition) is 1. The second-order valence-corrected chi connectivity index (χ2v) is 6.89. The number of nitrogens with zero attached hydrogens (tertiary/aromatic N) is 1. The van der Waals surface area contributed by atoms with Crippen LogP contribution in [0.1, 0.15) is 44.8 Å². The first kappa shape index (κ1) is 14.4. The largest absolute Gasteiger partial charge is 0.496 e. The van der Waals surface area contributed by atoms with Crippen LogP contribution in [0.2, 0.25) is 0 Å². The molecule has 1 aromatic carbocycles. The third-order valence-corrected chi connectivity index (χ3v) is 4.78. The summed E-state index contributed by atoms with van der Waals surface area (Å²) in [6.07, 6.45) is 3.28. The van der Waals surface area contributed by atoms with Crippen LogP contribution < -0.4 is 10.1 Å². The molecule has 1 saturated heterocycles. The predicted molar refractivity (Wildman–Crippen MR) is 82.0 cm³/mol. The Labute approximate surface area is 126 Å². The first-order valence-corrected chi connectivity index (χ1v) is 7.69. The molecule has 0 bridgehead atoms. The predicted octanol–water partition coefficient (Wildman–Crippen LogP) is 2.70. The summed E-state index contributed by atoms with van der Waals surface area (Å²) in [6, 6.07) is 8.29. The molecule has 2 fully saturated rings. The maximum absolute atomic E-state index is 12.4. The third-order valence-electron chi connectivity index (χ3n) is 4.78. The maximum atomic E-state index is 12.4. The van der Waals surface area contributed by atoms with Gasteiger partial charge in [0, 0.05) is 11.6 Å². The molecule has 3 rings (SSSR count). The van der Waals surface area contributed by atoms with Gasteiger partial charge in [0.1, 0.15) is 11.9 Å². The smallest absolute Gasteiger partial charge is 0.238 e. The van der Waals surface area contributed by atoms with Gasteiger partial charge in [-0.15, -0.1) is 0 Å². The highest BCUT2D eigenvalue weighted by atomic mass is 16.5. The van der Waals surface area contributed by atoms with Crippen molar-refractivity contribution in [1.29, 1.82) is 0 Å². The van der Waals surface area contributed by atoms with Crippen molar-refractivity contribution in [1.82, 2.24) is 10.2 Å². The van der Waals surface area contributed by atoms with Crippen LogP contribution in [-0.4, -0.2) is 30.5 Å². The van der Waals surface area contributed by atoms with Crippen molar-refractivity contribution in [2.45, 2.75) is 45.3 Å². The normalized spacial score (nSPS) is 28.1. The summed E-state index contributed by atoms with van der Waals surface area (Å²) in [5.74, 6) is 1.04. The molecule has 114 valence electrons. The minimum atomic E-state index is -0.0625. The van der Waals surface area contributed by atoms with Gasteiger partial charge in [-0.05, 0) is 30.7 Å². The van der Waals surface area contributed by atoms with Crippen LogP contribution in [0, 0.1) is 5.41 Å². The van der Waals surface area contributed by atoms with Crippen LogP contribution in [0.4, 0.5) is 0 Å². The van der Waals surface area contributed by atoms with Crippen molar-refractivity contribution in [3.63, 3.8) is 0 Å². The van der Waals surface area contributed by atoms with Gasteiger partial charge >= 0.3 is 0 Å². The van der Waals surface area contributed by atoms with E-state index in [4.69, 9.17) is 4.74 Å². The number of amides is 1. The number of benzene rings is 1. The quantitative estimate of drug-likeness (QED) is 0.930. The molecule has 1 aliphatic carbocycles. The van der Waals surface area contributed by atoms with E-state index in [0.717, 1.165) is 24.2 Å². The van der Waals surface area contributed by atoms with Crippen LogP contribution >= 0.6 is 0 Å². The van der Waals surface area contributed by atoms with E-state index in [2.05, 4.69) is 19.2 Å². The zero-order valence-corrected chi connectivity index (χ0v) is 13.1. The van der Waals surface area contributed by atoms with Crippen LogP contribution in [-0.2, 0) is 4.79 Å². The highest BCUT2D eigenvalue weighted by Gasteiger charge is 2.43. The summed E-state index contributed by atoms with van der Waals surface area (Å²) in [5, 5.41) is 3.35. The highest BCUT2D eigenvalue weighted by molar-refractivity contribution is 5.81. The summed E-state index contributed by atoms with van der Waals surface area (Å²) in [5.41, 5.74) is 1.38. The Kier molecular flexibility index (Phi) is 3.66. The van der Waals surface area contributed by atoms with Crippen molar-refractivity contribution < 1.29 is 9.53 Å². The molecular weight excluding hydrogens is 264 g/mol. The third kappa shape index (κ3) is 2.64. The fourth-order valence-corrected chi connectivity index (χ4v) is 3.72. The Morgan fingerprint density at radius 2 is 2.10 bits per heavy atom. The van der Waals surface area contributed by atoms with Crippen LogP contribution in [0.25, 0.3) is 0 Å². The zero-order valence-electron chi connectivity index (χ0n) is 13.1. The van der Waals surface area contributed by atoms with Crippen molar-refractivity contribution in [3.05, 3.63) is 29.8 Å². The molecule has 4 heteroatoms. The first-order chi connectivity index (χ1) is 10.0. The molecule has 2 atom stereocenters. The van der Waals surface area contributed by atoms with Gasteiger partial charge in [0.05, 0.1) is 13.7 Å². The van der Waals surface area contributed by atoms with Crippen molar-refractivity contribution in [2.24, 2.45) is 5.41 Å². The zero-order chi connectivity index (χ0) is 15.0. The molecule has 0 aromatic heterocycles. The fourth-order valence-electron chi connectivity index (χ4n) is 3.72. The van der Waals surface area contributed by atoms with Crippen molar-refractivity contribution in [3.8, 4) is 5.75 Å². The Morgan fingerprint density at radius 1 is 1.33 bits per heavy atom. The van der Waals surface area contributed by atoms with Gasteiger partial charge < -0.3 is 9.64 Å². The number of rotatable bonds is 3. The van der Waals surface area contributed by atoms with Gasteiger partial charge in [0.25, 0.3) is 0 Å². The molecular formula is C17H24N2O2. The van der Waals surface area contributed by atoms with Gasteiger partial charge in [-0.1, -0.05) is 32.0 Å². The number of carbonyl (C=O) groups is 1. The minimum absolute atomic E-state index is 0.0625. The molecule has 2 aliphatic rings. The molecule has 0 spiro atoms. The molecule has 1 saturated carbocycles. The number of hydrogen-bond acceptors (Lipinski definition) is 3. The lowest BCUT2D eigenvalue weighted by Crippen LogP contribution is -2.38. The molecule has 21 heavy (non-hydrogen) atoms. The minimum Gasteiger partial charge on any atom is -0.496 e. The van der Waals surface area contributed by atoms with Gasteiger partial charge in [-0.25, -0.2) is 0 Å². The highest BCUT2D eigenvalue weighted by Crippen LogP contribution is 2.43.